The molecule has 0 saturated carbocycles. The van der Waals surface area contributed by atoms with Gasteiger partial charge in [-0.15, -0.1) is 0 Å². The first-order valence-corrected chi connectivity index (χ1v) is 9.09. The Hall–Kier alpha value is -2.48. The molecule has 1 fully saturated rings. The van der Waals surface area contributed by atoms with Crippen LogP contribution in [0, 0.1) is 6.92 Å². The molecule has 26 heavy (non-hydrogen) atoms. The van der Waals surface area contributed by atoms with Gasteiger partial charge in [-0.25, -0.2) is 15.0 Å². The Kier molecular flexibility index (Phi) is 4.83. The topological polar surface area (TPSA) is 93.4 Å². The molecule has 1 N–H and O–H groups in total. The second-order valence-electron chi connectivity index (χ2n) is 6.77. The lowest BCUT2D eigenvalue weighted by atomic mass is 10.1. The number of nitrogens with one attached hydrogen (secondary N) is 1. The summed E-state index contributed by atoms with van der Waals surface area (Å²) in [5.41, 5.74) is 2.72. The summed E-state index contributed by atoms with van der Waals surface area (Å²) >= 11 is 0. The molecule has 1 atom stereocenters. The van der Waals surface area contributed by atoms with E-state index in [2.05, 4.69) is 20.3 Å². The van der Waals surface area contributed by atoms with Crippen molar-refractivity contribution in [2.24, 2.45) is 0 Å². The van der Waals surface area contributed by atoms with Crippen molar-refractivity contribution in [2.45, 2.75) is 38.6 Å². The van der Waals surface area contributed by atoms with E-state index in [9.17, 15) is 4.79 Å². The molecule has 0 bridgehead atoms. The third-order valence-electron chi connectivity index (χ3n) is 5.01. The van der Waals surface area contributed by atoms with Crippen LogP contribution < -0.4 is 5.32 Å². The highest BCUT2D eigenvalue weighted by Gasteiger charge is 2.26. The number of amides is 1. The number of ether oxygens (including phenoxy) is 1. The van der Waals surface area contributed by atoms with Crippen molar-refractivity contribution >= 4 is 11.7 Å². The number of nitrogens with zero attached hydrogens (tertiary/aromatic N) is 4. The van der Waals surface area contributed by atoms with Crippen molar-refractivity contribution in [3.05, 3.63) is 35.4 Å². The van der Waals surface area contributed by atoms with E-state index in [4.69, 9.17) is 9.15 Å². The standard InChI is InChI=1S/C18H23N5O3/c1-12-16(26-11-21-12)18(24)23-6-4-14-15(5-7-23)19-10-20-17(14)22-13-3-2-8-25-9-13/h10-11,13H,2-9H2,1H3,(H,19,20,22)/t13-/m0/s1. The third kappa shape index (κ3) is 3.41. The summed E-state index contributed by atoms with van der Waals surface area (Å²) in [6.07, 6.45) is 6.47. The van der Waals surface area contributed by atoms with Gasteiger partial charge in [-0.05, 0) is 26.2 Å². The summed E-state index contributed by atoms with van der Waals surface area (Å²) in [5, 5.41) is 3.51. The fourth-order valence-electron chi connectivity index (χ4n) is 3.55. The molecule has 2 aromatic heterocycles. The number of hydrogen-bond acceptors (Lipinski definition) is 7. The van der Waals surface area contributed by atoms with E-state index >= 15 is 0 Å². The van der Waals surface area contributed by atoms with E-state index in [1.165, 1.54) is 6.39 Å². The summed E-state index contributed by atoms with van der Waals surface area (Å²) < 4.78 is 10.8. The molecule has 4 heterocycles. The molecular weight excluding hydrogens is 334 g/mol. The van der Waals surface area contributed by atoms with Crippen molar-refractivity contribution in [3.8, 4) is 0 Å². The van der Waals surface area contributed by atoms with Gasteiger partial charge in [-0.3, -0.25) is 4.79 Å². The van der Waals surface area contributed by atoms with E-state index in [1.807, 2.05) is 4.90 Å². The third-order valence-corrected chi connectivity index (χ3v) is 5.01. The molecule has 0 aromatic carbocycles. The van der Waals surface area contributed by atoms with Crippen LogP contribution in [0.1, 0.15) is 40.3 Å². The van der Waals surface area contributed by atoms with E-state index in [-0.39, 0.29) is 11.9 Å². The largest absolute Gasteiger partial charge is 0.438 e. The first kappa shape index (κ1) is 17.0. The molecule has 1 amide bonds. The van der Waals surface area contributed by atoms with Gasteiger partial charge in [0.05, 0.1) is 24.0 Å². The number of fused-ring (bicyclic) bond motifs is 1. The van der Waals surface area contributed by atoms with E-state index in [0.29, 0.717) is 44.0 Å². The number of carbonyl (C=O) groups is 1. The molecule has 4 rings (SSSR count). The monoisotopic (exact) mass is 357 g/mol. The molecule has 0 unspecified atom stereocenters. The van der Waals surface area contributed by atoms with Crippen LogP contribution in [0.15, 0.2) is 17.1 Å². The van der Waals surface area contributed by atoms with Gasteiger partial charge in [0, 0.05) is 31.7 Å². The fourth-order valence-corrected chi connectivity index (χ4v) is 3.55. The lowest BCUT2D eigenvalue weighted by Crippen LogP contribution is -2.33. The molecule has 0 aliphatic carbocycles. The summed E-state index contributed by atoms with van der Waals surface area (Å²) in [6, 6.07) is 0.278. The quantitative estimate of drug-likeness (QED) is 0.892. The lowest BCUT2D eigenvalue weighted by Gasteiger charge is -2.25. The van der Waals surface area contributed by atoms with Crippen molar-refractivity contribution in [1.82, 2.24) is 19.9 Å². The molecule has 8 nitrogen and oxygen atoms in total. The second kappa shape index (κ2) is 7.41. The van der Waals surface area contributed by atoms with Crippen LogP contribution >= 0.6 is 0 Å². The van der Waals surface area contributed by atoms with Crippen LogP contribution in [0.3, 0.4) is 0 Å². The van der Waals surface area contributed by atoms with Crippen LogP contribution in [0.25, 0.3) is 0 Å². The maximum Gasteiger partial charge on any atom is 0.291 e. The summed E-state index contributed by atoms with van der Waals surface area (Å²) in [4.78, 5) is 27.4. The van der Waals surface area contributed by atoms with Crippen molar-refractivity contribution in [2.75, 3.05) is 31.6 Å². The Morgan fingerprint density at radius 2 is 2.15 bits per heavy atom. The molecule has 2 aliphatic rings. The van der Waals surface area contributed by atoms with Crippen LogP contribution in [0.4, 0.5) is 5.82 Å². The van der Waals surface area contributed by atoms with Crippen LogP contribution in [-0.4, -0.2) is 58.1 Å². The van der Waals surface area contributed by atoms with Crippen molar-refractivity contribution in [3.63, 3.8) is 0 Å². The number of aryl methyl sites for hydroxylation is 1. The number of oxazole rings is 1. The zero-order valence-corrected chi connectivity index (χ0v) is 14.9. The molecule has 2 aromatic rings. The van der Waals surface area contributed by atoms with E-state index in [0.717, 1.165) is 36.5 Å². The Balaban J connectivity index is 1.50. The molecule has 0 radical (unpaired) electrons. The number of aromatic nitrogens is 3. The maximum atomic E-state index is 12.7. The van der Waals surface area contributed by atoms with Crippen LogP contribution in [0.5, 0.6) is 0 Å². The Morgan fingerprint density at radius 1 is 1.27 bits per heavy atom. The lowest BCUT2D eigenvalue weighted by molar-refractivity contribution is 0.0730. The normalized spacial score (nSPS) is 20.3. The van der Waals surface area contributed by atoms with Gasteiger partial charge < -0.3 is 19.4 Å². The minimum Gasteiger partial charge on any atom is -0.438 e. The molecule has 138 valence electrons. The first-order chi connectivity index (χ1) is 12.7. The number of rotatable bonds is 3. The average Bonchev–Trinajstić information content (AvgIpc) is 2.97. The number of anilines is 1. The zero-order valence-electron chi connectivity index (χ0n) is 14.9. The van der Waals surface area contributed by atoms with Gasteiger partial charge in [0.25, 0.3) is 5.91 Å². The fraction of sp³-hybridized carbons (Fsp3) is 0.556. The SMILES string of the molecule is Cc1ncoc1C(=O)N1CCc2ncnc(N[C@H]3CCCOC3)c2CC1. The summed E-state index contributed by atoms with van der Waals surface area (Å²) in [6.45, 7) is 4.53. The van der Waals surface area contributed by atoms with Gasteiger partial charge in [-0.1, -0.05) is 0 Å². The highest BCUT2D eigenvalue weighted by atomic mass is 16.5. The average molecular weight is 357 g/mol. The smallest absolute Gasteiger partial charge is 0.291 e. The van der Waals surface area contributed by atoms with Crippen molar-refractivity contribution < 1.29 is 13.9 Å². The zero-order chi connectivity index (χ0) is 17.9. The molecular formula is C18H23N5O3. The minimum absolute atomic E-state index is 0.115. The predicted octanol–water partition coefficient (Wildman–Crippen LogP) is 1.60. The summed E-state index contributed by atoms with van der Waals surface area (Å²) in [7, 11) is 0. The van der Waals surface area contributed by atoms with Crippen molar-refractivity contribution in [1.29, 1.82) is 0 Å². The Morgan fingerprint density at radius 3 is 2.92 bits per heavy atom. The predicted molar refractivity (Wildman–Crippen MR) is 94.0 cm³/mol. The first-order valence-electron chi connectivity index (χ1n) is 9.09. The Bertz CT molecular complexity index is 785. The van der Waals surface area contributed by atoms with Crippen LogP contribution in [-0.2, 0) is 17.6 Å². The van der Waals surface area contributed by atoms with E-state index in [1.54, 1.807) is 13.3 Å². The van der Waals surface area contributed by atoms with Gasteiger partial charge in [-0.2, -0.15) is 0 Å². The second-order valence-corrected chi connectivity index (χ2v) is 6.77. The molecule has 1 saturated heterocycles. The molecule has 0 spiro atoms. The summed E-state index contributed by atoms with van der Waals surface area (Å²) in [5.74, 6) is 1.08. The number of carbonyl (C=O) groups excluding carboxylic acids is 1. The maximum absolute atomic E-state index is 12.7. The van der Waals surface area contributed by atoms with Gasteiger partial charge in [0.1, 0.15) is 12.1 Å². The highest BCUT2D eigenvalue weighted by Crippen LogP contribution is 2.23. The van der Waals surface area contributed by atoms with Crippen LogP contribution in [0.2, 0.25) is 0 Å². The number of hydrogen-bond donors (Lipinski definition) is 1. The van der Waals surface area contributed by atoms with E-state index < -0.39 is 0 Å². The van der Waals surface area contributed by atoms with Gasteiger partial charge >= 0.3 is 0 Å². The molecule has 8 heteroatoms. The van der Waals surface area contributed by atoms with Gasteiger partial charge in [0.15, 0.2) is 6.39 Å². The molecule has 2 aliphatic heterocycles. The van der Waals surface area contributed by atoms with Gasteiger partial charge in [0.2, 0.25) is 5.76 Å². The highest BCUT2D eigenvalue weighted by molar-refractivity contribution is 5.92. The Labute approximate surface area is 152 Å². The minimum atomic E-state index is -0.115.